The first-order chi connectivity index (χ1) is 8.38. The maximum atomic E-state index is 2.33. The van der Waals surface area contributed by atoms with Crippen LogP contribution in [0.4, 0.5) is 0 Å². The molecular weight excluding hydrogens is 204 g/mol. The molecule has 0 amide bonds. The van der Waals surface area contributed by atoms with E-state index >= 15 is 0 Å². The van der Waals surface area contributed by atoms with Gasteiger partial charge in [-0.25, -0.2) is 0 Å². The molecule has 0 N–H and O–H groups in total. The van der Waals surface area contributed by atoms with E-state index in [1.807, 2.05) is 0 Å². The highest BCUT2D eigenvalue weighted by atomic mass is 14.1. The van der Waals surface area contributed by atoms with Gasteiger partial charge in [0.15, 0.2) is 0 Å². The molecule has 0 heterocycles. The molecule has 0 aromatic rings. The average Bonchev–Trinajstić information content (AvgIpc) is 2.78. The van der Waals surface area contributed by atoms with Crippen LogP contribution in [0, 0.1) is 6.42 Å². The van der Waals surface area contributed by atoms with Crippen molar-refractivity contribution >= 4 is 0 Å². The van der Waals surface area contributed by atoms with E-state index in [0.717, 1.165) is 0 Å². The minimum Gasteiger partial charge on any atom is -0.0761 e. The number of hydrogen-bond donors (Lipinski definition) is 0. The summed E-state index contributed by atoms with van der Waals surface area (Å²) in [6.45, 7) is 4.56. The third-order valence-corrected chi connectivity index (χ3v) is 3.61. The average molecular weight is 233 g/mol. The highest BCUT2D eigenvalue weighted by molar-refractivity contribution is 5.41. The third kappa shape index (κ3) is 6.10. The fourth-order valence-electron chi connectivity index (χ4n) is 2.47. The molecule has 1 radical (unpaired) electrons. The van der Waals surface area contributed by atoms with Gasteiger partial charge in [-0.2, -0.15) is 0 Å². The van der Waals surface area contributed by atoms with Gasteiger partial charge in [-0.15, -0.1) is 0 Å². The lowest BCUT2D eigenvalue weighted by molar-refractivity contribution is 0.653. The lowest BCUT2D eigenvalue weighted by Gasteiger charge is -2.07. The number of rotatable bonds is 10. The Labute approximate surface area is 108 Å². The lowest BCUT2D eigenvalue weighted by atomic mass is 9.99. The Morgan fingerprint density at radius 1 is 0.706 bits per heavy atom. The van der Waals surface area contributed by atoms with E-state index in [9.17, 15) is 0 Å². The summed E-state index contributed by atoms with van der Waals surface area (Å²) in [6.07, 6.45) is 20.5. The molecule has 0 aliphatic heterocycles. The summed E-state index contributed by atoms with van der Waals surface area (Å²) in [4.78, 5) is 0. The monoisotopic (exact) mass is 233 g/mol. The predicted molar refractivity (Wildman–Crippen MR) is 78.0 cm³/mol. The molecule has 0 heteroatoms. The van der Waals surface area contributed by atoms with Gasteiger partial charge < -0.3 is 0 Å². The SMILES string of the molecule is CCCCCCC1=C(CCCCCC)C=C[CH]1. The first kappa shape index (κ1) is 14.5. The Kier molecular flexibility index (Phi) is 8.13. The van der Waals surface area contributed by atoms with Crippen molar-refractivity contribution < 1.29 is 0 Å². The molecule has 1 rings (SSSR count). The van der Waals surface area contributed by atoms with Gasteiger partial charge in [-0.3, -0.25) is 0 Å². The molecule has 0 unspecified atom stereocenters. The van der Waals surface area contributed by atoms with Crippen molar-refractivity contribution in [1.82, 2.24) is 0 Å². The topological polar surface area (TPSA) is 0 Å². The Hall–Kier alpha value is -0.520. The summed E-state index contributed by atoms with van der Waals surface area (Å²) in [5, 5.41) is 0. The Morgan fingerprint density at radius 3 is 1.88 bits per heavy atom. The zero-order valence-corrected chi connectivity index (χ0v) is 11.8. The van der Waals surface area contributed by atoms with Gasteiger partial charge in [0.05, 0.1) is 0 Å². The van der Waals surface area contributed by atoms with E-state index in [0.29, 0.717) is 0 Å². The summed E-state index contributed by atoms with van der Waals surface area (Å²) in [6, 6.07) is 0. The van der Waals surface area contributed by atoms with Gasteiger partial charge in [0.2, 0.25) is 0 Å². The summed E-state index contributed by atoms with van der Waals surface area (Å²) >= 11 is 0. The summed E-state index contributed by atoms with van der Waals surface area (Å²) < 4.78 is 0. The zero-order valence-electron chi connectivity index (χ0n) is 11.8. The maximum absolute atomic E-state index is 2.33. The summed E-state index contributed by atoms with van der Waals surface area (Å²) in [5.41, 5.74) is 3.25. The van der Waals surface area contributed by atoms with Crippen molar-refractivity contribution in [3.63, 3.8) is 0 Å². The quantitative estimate of drug-likeness (QED) is 0.406. The predicted octanol–water partition coefficient (Wildman–Crippen LogP) is 6.00. The Bertz CT molecular complexity index is 245. The first-order valence-corrected chi connectivity index (χ1v) is 7.62. The van der Waals surface area contributed by atoms with Gasteiger partial charge in [-0.1, -0.05) is 70.1 Å². The molecule has 0 saturated heterocycles. The van der Waals surface area contributed by atoms with Crippen LogP contribution < -0.4 is 0 Å². The van der Waals surface area contributed by atoms with Crippen LogP contribution in [0.25, 0.3) is 0 Å². The molecule has 17 heavy (non-hydrogen) atoms. The zero-order chi connectivity index (χ0) is 12.3. The van der Waals surface area contributed by atoms with Gasteiger partial charge in [-0.05, 0) is 31.3 Å². The maximum Gasteiger partial charge on any atom is 0.00864 e. The van der Waals surface area contributed by atoms with Gasteiger partial charge in [0.25, 0.3) is 0 Å². The normalized spacial score (nSPS) is 14.9. The molecular formula is C17H29. The van der Waals surface area contributed by atoms with Gasteiger partial charge in [0, 0.05) is 6.42 Å². The first-order valence-electron chi connectivity index (χ1n) is 7.62. The second kappa shape index (κ2) is 9.50. The molecule has 97 valence electrons. The van der Waals surface area contributed by atoms with Crippen LogP contribution in [0.1, 0.15) is 78.1 Å². The van der Waals surface area contributed by atoms with E-state index in [1.54, 1.807) is 11.1 Å². The van der Waals surface area contributed by atoms with Crippen molar-refractivity contribution in [1.29, 1.82) is 0 Å². The second-order valence-electron chi connectivity index (χ2n) is 5.20. The van der Waals surface area contributed by atoms with Crippen molar-refractivity contribution in [2.45, 2.75) is 78.1 Å². The fraction of sp³-hybridized carbons (Fsp3) is 0.706. The largest absolute Gasteiger partial charge is 0.0761 e. The molecule has 0 atom stereocenters. The van der Waals surface area contributed by atoms with Crippen LogP contribution in [-0.2, 0) is 0 Å². The fourth-order valence-corrected chi connectivity index (χ4v) is 2.47. The standard InChI is InChI=1S/C17H29/c1-3-5-7-9-12-16-14-11-15-17(16)13-10-8-6-4-2/h11,14-15H,3-10,12-13H2,1-2H3. The van der Waals surface area contributed by atoms with E-state index in [1.165, 1.54) is 64.2 Å². The summed E-state index contributed by atoms with van der Waals surface area (Å²) in [7, 11) is 0. The number of hydrogen-bond acceptors (Lipinski definition) is 0. The highest BCUT2D eigenvalue weighted by Gasteiger charge is 2.08. The second-order valence-corrected chi connectivity index (χ2v) is 5.20. The smallest absolute Gasteiger partial charge is 0.00864 e. The van der Waals surface area contributed by atoms with Crippen LogP contribution in [-0.4, -0.2) is 0 Å². The van der Waals surface area contributed by atoms with E-state index < -0.39 is 0 Å². The van der Waals surface area contributed by atoms with Crippen molar-refractivity contribution in [3.05, 3.63) is 29.7 Å². The van der Waals surface area contributed by atoms with Crippen LogP contribution in [0.15, 0.2) is 23.3 Å². The van der Waals surface area contributed by atoms with E-state index in [4.69, 9.17) is 0 Å². The van der Waals surface area contributed by atoms with Gasteiger partial charge >= 0.3 is 0 Å². The molecule has 0 bridgehead atoms. The molecule has 0 aromatic carbocycles. The van der Waals surface area contributed by atoms with Crippen molar-refractivity contribution in [2.24, 2.45) is 0 Å². The minimum absolute atomic E-state index is 1.30. The van der Waals surface area contributed by atoms with E-state index in [-0.39, 0.29) is 0 Å². The van der Waals surface area contributed by atoms with E-state index in [2.05, 4.69) is 32.4 Å². The third-order valence-electron chi connectivity index (χ3n) is 3.61. The molecule has 1 aliphatic rings. The van der Waals surface area contributed by atoms with Crippen LogP contribution in [0.5, 0.6) is 0 Å². The molecule has 0 fully saturated rings. The Balaban J connectivity index is 2.20. The molecule has 0 nitrogen and oxygen atoms in total. The Morgan fingerprint density at radius 2 is 1.29 bits per heavy atom. The van der Waals surface area contributed by atoms with Gasteiger partial charge in [0.1, 0.15) is 0 Å². The minimum atomic E-state index is 1.30. The number of unbranched alkanes of at least 4 members (excludes halogenated alkanes) is 6. The molecule has 0 spiro atoms. The van der Waals surface area contributed by atoms with Crippen molar-refractivity contribution in [2.75, 3.05) is 0 Å². The molecule has 1 aliphatic carbocycles. The summed E-state index contributed by atoms with van der Waals surface area (Å²) in [5.74, 6) is 0. The van der Waals surface area contributed by atoms with Crippen LogP contribution in [0.3, 0.4) is 0 Å². The number of allylic oxidation sites excluding steroid dienone is 4. The molecule has 0 aromatic heterocycles. The van der Waals surface area contributed by atoms with Crippen LogP contribution >= 0.6 is 0 Å². The molecule has 0 saturated carbocycles. The van der Waals surface area contributed by atoms with Crippen molar-refractivity contribution in [3.8, 4) is 0 Å². The lowest BCUT2D eigenvalue weighted by Crippen LogP contribution is -1.88. The highest BCUT2D eigenvalue weighted by Crippen LogP contribution is 2.27. The van der Waals surface area contributed by atoms with Crippen LogP contribution in [0.2, 0.25) is 0 Å².